The molecule has 0 bridgehead atoms. The van der Waals surface area contributed by atoms with Crippen molar-refractivity contribution in [2.75, 3.05) is 25.0 Å². The molecule has 0 saturated carbocycles. The molecular weight excluding hydrogens is 272 g/mol. The van der Waals surface area contributed by atoms with Crippen LogP contribution in [0, 0.1) is 0 Å². The first-order chi connectivity index (χ1) is 10.7. The molecule has 0 aliphatic carbocycles. The van der Waals surface area contributed by atoms with Gasteiger partial charge in [0.25, 0.3) is 0 Å². The molecule has 0 radical (unpaired) electrons. The summed E-state index contributed by atoms with van der Waals surface area (Å²) in [7, 11) is 0. The van der Waals surface area contributed by atoms with Crippen LogP contribution in [0.4, 0.5) is 5.69 Å². The second-order valence-corrected chi connectivity index (χ2v) is 6.33. The number of nitrogens with zero attached hydrogens (tertiary/aromatic N) is 1. The molecule has 1 atom stereocenters. The summed E-state index contributed by atoms with van der Waals surface area (Å²) < 4.78 is 0. The third kappa shape index (κ3) is 4.10. The number of carbonyl (C=O) groups excluding carboxylic acids is 1. The van der Waals surface area contributed by atoms with Crippen LogP contribution in [0.2, 0.25) is 0 Å². The number of hydrogen-bond donors (Lipinski definition) is 1. The molecule has 1 unspecified atom stereocenters. The van der Waals surface area contributed by atoms with Crippen molar-refractivity contribution in [2.45, 2.75) is 58.9 Å². The number of benzene rings is 1. The summed E-state index contributed by atoms with van der Waals surface area (Å²) in [4.78, 5) is 15.2. The van der Waals surface area contributed by atoms with Gasteiger partial charge in [0.1, 0.15) is 0 Å². The van der Waals surface area contributed by atoms with Gasteiger partial charge in [0, 0.05) is 17.8 Å². The fraction of sp³-hybridized carbons (Fsp3) is 0.632. The van der Waals surface area contributed by atoms with Gasteiger partial charge in [-0.3, -0.25) is 9.69 Å². The lowest BCUT2D eigenvalue weighted by Crippen LogP contribution is -2.40. The topological polar surface area (TPSA) is 32.3 Å². The van der Waals surface area contributed by atoms with Crippen molar-refractivity contribution in [1.29, 1.82) is 0 Å². The molecular formula is C19H30N2O. The van der Waals surface area contributed by atoms with Crippen LogP contribution in [0.3, 0.4) is 0 Å². The molecule has 1 aromatic carbocycles. The lowest BCUT2D eigenvalue weighted by Gasteiger charge is -2.28. The normalized spacial score (nSPS) is 14.7. The third-order valence-electron chi connectivity index (χ3n) is 4.62. The minimum absolute atomic E-state index is 0.0227. The number of hydrogen-bond acceptors (Lipinski definition) is 3. The van der Waals surface area contributed by atoms with Gasteiger partial charge in [-0.1, -0.05) is 26.7 Å². The third-order valence-corrected chi connectivity index (χ3v) is 4.62. The van der Waals surface area contributed by atoms with Crippen molar-refractivity contribution in [1.82, 2.24) is 4.90 Å². The van der Waals surface area contributed by atoms with Crippen LogP contribution in [0.5, 0.6) is 0 Å². The van der Waals surface area contributed by atoms with Gasteiger partial charge in [-0.2, -0.15) is 0 Å². The van der Waals surface area contributed by atoms with Crippen LogP contribution >= 0.6 is 0 Å². The standard InChI is InChI=1S/C19H30N2O/c1-4-6-12-21(13-7-5-2)15(3)19(22)17-8-9-18-16(14-17)10-11-20-18/h8-9,14-15,20H,4-7,10-13H2,1-3H3. The quantitative estimate of drug-likeness (QED) is 0.696. The Morgan fingerprint density at radius 1 is 1.23 bits per heavy atom. The second-order valence-electron chi connectivity index (χ2n) is 6.33. The molecule has 0 amide bonds. The van der Waals surface area contributed by atoms with E-state index in [0.29, 0.717) is 0 Å². The van der Waals surface area contributed by atoms with Gasteiger partial charge in [-0.15, -0.1) is 0 Å². The van der Waals surface area contributed by atoms with E-state index in [9.17, 15) is 4.79 Å². The lowest BCUT2D eigenvalue weighted by atomic mass is 10.00. The minimum Gasteiger partial charge on any atom is -0.384 e. The zero-order chi connectivity index (χ0) is 15.9. The number of unbranched alkanes of at least 4 members (excludes halogenated alkanes) is 2. The predicted molar refractivity (Wildman–Crippen MR) is 93.8 cm³/mol. The molecule has 1 aliphatic rings. The molecule has 0 saturated heterocycles. The summed E-state index contributed by atoms with van der Waals surface area (Å²) in [6.07, 6.45) is 5.70. The van der Waals surface area contributed by atoms with E-state index in [1.54, 1.807) is 0 Å². The fourth-order valence-corrected chi connectivity index (χ4v) is 3.09. The molecule has 1 N–H and O–H groups in total. The van der Waals surface area contributed by atoms with Crippen molar-refractivity contribution >= 4 is 11.5 Å². The molecule has 0 aromatic heterocycles. The number of carbonyl (C=O) groups is 1. The molecule has 0 fully saturated rings. The van der Waals surface area contributed by atoms with Crippen molar-refractivity contribution in [3.63, 3.8) is 0 Å². The van der Waals surface area contributed by atoms with E-state index in [1.165, 1.54) is 24.1 Å². The Hall–Kier alpha value is -1.35. The van der Waals surface area contributed by atoms with Crippen LogP contribution in [-0.2, 0) is 6.42 Å². The van der Waals surface area contributed by atoms with Gasteiger partial charge in [-0.25, -0.2) is 0 Å². The van der Waals surface area contributed by atoms with Crippen LogP contribution in [-0.4, -0.2) is 36.4 Å². The van der Waals surface area contributed by atoms with Gasteiger partial charge in [0.2, 0.25) is 0 Å². The lowest BCUT2D eigenvalue weighted by molar-refractivity contribution is 0.0833. The van der Waals surface area contributed by atoms with E-state index in [2.05, 4.69) is 43.1 Å². The largest absolute Gasteiger partial charge is 0.384 e. The maximum absolute atomic E-state index is 12.9. The summed E-state index contributed by atoms with van der Waals surface area (Å²) in [6, 6.07) is 6.11. The summed E-state index contributed by atoms with van der Waals surface area (Å²) in [6.45, 7) is 9.52. The maximum Gasteiger partial charge on any atom is 0.179 e. The Bertz CT molecular complexity index is 490. The van der Waals surface area contributed by atoms with E-state index in [4.69, 9.17) is 0 Å². The molecule has 3 heteroatoms. The Labute approximate surface area is 135 Å². The summed E-state index contributed by atoms with van der Waals surface area (Å²) in [5.41, 5.74) is 3.35. The van der Waals surface area contributed by atoms with Gasteiger partial charge < -0.3 is 5.32 Å². The van der Waals surface area contributed by atoms with E-state index in [1.807, 2.05) is 6.07 Å². The highest BCUT2D eigenvalue weighted by Gasteiger charge is 2.23. The summed E-state index contributed by atoms with van der Waals surface area (Å²) in [5.74, 6) is 0.266. The van der Waals surface area contributed by atoms with Crippen LogP contribution in [0.15, 0.2) is 18.2 Å². The van der Waals surface area contributed by atoms with E-state index < -0.39 is 0 Å². The first-order valence-corrected chi connectivity index (χ1v) is 8.82. The molecule has 22 heavy (non-hydrogen) atoms. The van der Waals surface area contributed by atoms with Crippen molar-refractivity contribution in [2.24, 2.45) is 0 Å². The Morgan fingerprint density at radius 3 is 2.55 bits per heavy atom. The second kappa shape index (κ2) is 8.33. The van der Waals surface area contributed by atoms with Crippen molar-refractivity contribution in [3.05, 3.63) is 29.3 Å². The van der Waals surface area contributed by atoms with Gasteiger partial charge in [0.15, 0.2) is 5.78 Å². The first kappa shape index (κ1) is 17.0. The summed E-state index contributed by atoms with van der Waals surface area (Å²) in [5, 5.41) is 3.35. The highest BCUT2D eigenvalue weighted by molar-refractivity contribution is 6.00. The van der Waals surface area contributed by atoms with Gasteiger partial charge in [-0.05, 0) is 63.0 Å². The van der Waals surface area contributed by atoms with E-state index in [0.717, 1.165) is 44.5 Å². The summed E-state index contributed by atoms with van der Waals surface area (Å²) >= 11 is 0. The van der Waals surface area contributed by atoms with E-state index in [-0.39, 0.29) is 11.8 Å². The van der Waals surface area contributed by atoms with Crippen LogP contribution < -0.4 is 5.32 Å². The predicted octanol–water partition coefficient (Wildman–Crippen LogP) is 4.13. The zero-order valence-corrected chi connectivity index (χ0v) is 14.3. The smallest absolute Gasteiger partial charge is 0.179 e. The number of ketones is 1. The minimum atomic E-state index is -0.0227. The average Bonchev–Trinajstić information content (AvgIpc) is 3.01. The highest BCUT2D eigenvalue weighted by atomic mass is 16.1. The Kier molecular flexibility index (Phi) is 6.44. The van der Waals surface area contributed by atoms with Crippen LogP contribution in [0.25, 0.3) is 0 Å². The van der Waals surface area contributed by atoms with Crippen molar-refractivity contribution in [3.8, 4) is 0 Å². The zero-order valence-electron chi connectivity index (χ0n) is 14.3. The van der Waals surface area contributed by atoms with Gasteiger partial charge in [0.05, 0.1) is 6.04 Å². The highest BCUT2D eigenvalue weighted by Crippen LogP contribution is 2.24. The monoisotopic (exact) mass is 302 g/mol. The van der Waals surface area contributed by atoms with E-state index >= 15 is 0 Å². The number of anilines is 1. The molecule has 1 aliphatic heterocycles. The molecule has 2 rings (SSSR count). The number of rotatable bonds is 9. The molecule has 122 valence electrons. The first-order valence-electron chi connectivity index (χ1n) is 8.82. The number of nitrogens with one attached hydrogen (secondary N) is 1. The maximum atomic E-state index is 12.9. The molecule has 3 nitrogen and oxygen atoms in total. The number of Topliss-reactive ketones (excluding diaryl/α,β-unsaturated/α-hetero) is 1. The SMILES string of the molecule is CCCCN(CCCC)C(C)C(=O)c1ccc2c(c1)CCN2. The van der Waals surface area contributed by atoms with Crippen LogP contribution in [0.1, 0.15) is 62.4 Å². The van der Waals surface area contributed by atoms with Crippen molar-refractivity contribution < 1.29 is 4.79 Å². The number of fused-ring (bicyclic) bond motifs is 1. The Morgan fingerprint density at radius 2 is 1.91 bits per heavy atom. The average molecular weight is 302 g/mol. The fourth-order valence-electron chi connectivity index (χ4n) is 3.09. The molecule has 1 aromatic rings. The molecule has 0 spiro atoms. The van der Waals surface area contributed by atoms with Gasteiger partial charge >= 0.3 is 0 Å². The Balaban J connectivity index is 2.07. The molecule has 1 heterocycles.